The molecule has 4 rings (SSSR count). The molecule has 0 aliphatic heterocycles. The Hall–Kier alpha value is -4.20. The lowest BCUT2D eigenvalue weighted by molar-refractivity contribution is -0.138. The van der Waals surface area contributed by atoms with Crippen LogP contribution in [0.5, 0.6) is 0 Å². The van der Waals surface area contributed by atoms with E-state index in [1.54, 1.807) is 19.9 Å². The first-order valence-electron chi connectivity index (χ1n) is 11.0. The molecule has 1 aromatic heterocycles. The lowest BCUT2D eigenvalue weighted by atomic mass is 9.98. The van der Waals surface area contributed by atoms with Crippen molar-refractivity contribution in [3.63, 3.8) is 0 Å². The van der Waals surface area contributed by atoms with Crippen molar-refractivity contribution in [3.05, 3.63) is 83.7 Å². The summed E-state index contributed by atoms with van der Waals surface area (Å²) in [5, 5.41) is 11.7. The van der Waals surface area contributed by atoms with Gasteiger partial charge in [0.25, 0.3) is 5.91 Å². The lowest BCUT2D eigenvalue weighted by Crippen LogP contribution is -2.41. The predicted molar refractivity (Wildman–Crippen MR) is 127 cm³/mol. The number of amides is 2. The summed E-state index contributed by atoms with van der Waals surface area (Å²) in [6.07, 6.45) is 0.688. The zero-order chi connectivity index (χ0) is 24.2. The Morgan fingerprint density at radius 2 is 1.62 bits per heavy atom. The van der Waals surface area contributed by atoms with Crippen LogP contribution in [-0.4, -0.2) is 52.2 Å². The van der Waals surface area contributed by atoms with E-state index in [9.17, 15) is 14.4 Å². The number of rotatable bonds is 7. The lowest BCUT2D eigenvalue weighted by Gasteiger charge is -2.25. The van der Waals surface area contributed by atoms with Crippen molar-refractivity contribution in [1.82, 2.24) is 9.88 Å². The second-order valence-corrected chi connectivity index (χ2v) is 8.27. The van der Waals surface area contributed by atoms with Gasteiger partial charge in [0.15, 0.2) is 5.69 Å². The Morgan fingerprint density at radius 1 is 1.00 bits per heavy atom. The van der Waals surface area contributed by atoms with Crippen LogP contribution in [0, 0.1) is 0 Å². The summed E-state index contributed by atoms with van der Waals surface area (Å²) in [6.45, 7) is 3.07. The number of carboxylic acids is 1. The molecule has 8 nitrogen and oxygen atoms in total. The van der Waals surface area contributed by atoms with Crippen molar-refractivity contribution in [2.24, 2.45) is 0 Å². The maximum absolute atomic E-state index is 13.0. The fourth-order valence-electron chi connectivity index (χ4n) is 4.19. The standard InChI is InChI=1S/C26H25N3O5/c1-16(2)29(14-23(30)31)25(32)24-22(12-7-13-27-24)28-26(33)34-15-21-19-10-5-3-8-17(19)18-9-4-6-11-20(18)21/h3-13,16,21H,14-15H2,1-2H3,(H,28,33)(H,30,31). The van der Waals surface area contributed by atoms with Crippen LogP contribution in [0.4, 0.5) is 10.5 Å². The molecule has 0 bridgehead atoms. The third-order valence-electron chi connectivity index (χ3n) is 5.78. The Labute approximate surface area is 197 Å². The van der Waals surface area contributed by atoms with Crippen LogP contribution in [0.3, 0.4) is 0 Å². The number of carbonyl (C=O) groups is 3. The SMILES string of the molecule is CC(C)N(CC(=O)O)C(=O)c1ncccc1NC(=O)OCC1c2ccccc2-c2ccccc21. The molecular weight excluding hydrogens is 434 g/mol. The van der Waals surface area contributed by atoms with Gasteiger partial charge >= 0.3 is 12.1 Å². The molecule has 0 atom stereocenters. The third kappa shape index (κ3) is 4.61. The fourth-order valence-corrected chi connectivity index (χ4v) is 4.19. The van der Waals surface area contributed by atoms with Crippen LogP contribution in [0.25, 0.3) is 11.1 Å². The fraction of sp³-hybridized carbons (Fsp3) is 0.231. The van der Waals surface area contributed by atoms with Crippen LogP contribution in [-0.2, 0) is 9.53 Å². The molecule has 0 saturated heterocycles. The molecule has 34 heavy (non-hydrogen) atoms. The Kier molecular flexibility index (Phi) is 6.58. The number of nitrogens with one attached hydrogen (secondary N) is 1. The predicted octanol–water partition coefficient (Wildman–Crippen LogP) is 4.38. The summed E-state index contributed by atoms with van der Waals surface area (Å²) in [4.78, 5) is 42.1. The molecule has 0 unspecified atom stereocenters. The number of pyridine rings is 1. The van der Waals surface area contributed by atoms with Crippen LogP contribution < -0.4 is 5.32 Å². The van der Waals surface area contributed by atoms with Crippen molar-refractivity contribution in [2.75, 3.05) is 18.5 Å². The number of hydrogen-bond acceptors (Lipinski definition) is 5. The largest absolute Gasteiger partial charge is 0.480 e. The molecule has 0 fully saturated rings. The van der Waals surface area contributed by atoms with E-state index in [1.165, 1.54) is 17.2 Å². The zero-order valence-electron chi connectivity index (χ0n) is 18.9. The number of aromatic nitrogens is 1. The Bertz CT molecular complexity index is 1190. The van der Waals surface area contributed by atoms with Gasteiger partial charge in [0, 0.05) is 18.2 Å². The van der Waals surface area contributed by atoms with Crippen molar-refractivity contribution in [1.29, 1.82) is 0 Å². The second-order valence-electron chi connectivity index (χ2n) is 8.27. The number of hydrogen-bond donors (Lipinski definition) is 2. The van der Waals surface area contributed by atoms with E-state index in [2.05, 4.69) is 22.4 Å². The van der Waals surface area contributed by atoms with Gasteiger partial charge in [-0.3, -0.25) is 14.9 Å². The number of carboxylic acid groups (broad SMARTS) is 1. The highest BCUT2D eigenvalue weighted by Gasteiger charge is 2.29. The molecule has 0 spiro atoms. The van der Waals surface area contributed by atoms with Gasteiger partial charge < -0.3 is 14.7 Å². The first kappa shape index (κ1) is 23.0. The van der Waals surface area contributed by atoms with Crippen LogP contribution in [0.1, 0.15) is 41.4 Å². The van der Waals surface area contributed by atoms with E-state index >= 15 is 0 Å². The Morgan fingerprint density at radius 3 is 2.21 bits per heavy atom. The average Bonchev–Trinajstić information content (AvgIpc) is 3.14. The summed E-state index contributed by atoms with van der Waals surface area (Å²) in [5.41, 5.74) is 4.54. The van der Waals surface area contributed by atoms with Crippen molar-refractivity contribution in [3.8, 4) is 11.1 Å². The average molecular weight is 460 g/mol. The number of fused-ring (bicyclic) bond motifs is 3. The number of aliphatic carboxylic acids is 1. The summed E-state index contributed by atoms with van der Waals surface area (Å²) < 4.78 is 5.55. The molecular formula is C26H25N3O5. The Balaban J connectivity index is 1.49. The topological polar surface area (TPSA) is 109 Å². The second kappa shape index (κ2) is 9.74. The van der Waals surface area contributed by atoms with Crippen LogP contribution in [0.2, 0.25) is 0 Å². The first-order valence-corrected chi connectivity index (χ1v) is 11.0. The monoisotopic (exact) mass is 459 g/mol. The smallest absolute Gasteiger partial charge is 0.411 e. The van der Waals surface area contributed by atoms with E-state index in [0.717, 1.165) is 22.3 Å². The first-order chi connectivity index (χ1) is 16.4. The minimum atomic E-state index is -1.14. The van der Waals surface area contributed by atoms with Gasteiger partial charge in [-0.1, -0.05) is 48.5 Å². The molecule has 174 valence electrons. The molecule has 8 heteroatoms. The van der Waals surface area contributed by atoms with E-state index < -0.39 is 24.5 Å². The van der Waals surface area contributed by atoms with Crippen molar-refractivity contribution in [2.45, 2.75) is 25.8 Å². The summed E-state index contributed by atoms with van der Waals surface area (Å²) in [7, 11) is 0. The number of carbonyl (C=O) groups excluding carboxylic acids is 2. The molecule has 2 amide bonds. The minimum Gasteiger partial charge on any atom is -0.480 e. The number of benzene rings is 2. The van der Waals surface area contributed by atoms with E-state index in [1.807, 2.05) is 36.4 Å². The van der Waals surface area contributed by atoms with Crippen LogP contribution in [0.15, 0.2) is 66.9 Å². The summed E-state index contributed by atoms with van der Waals surface area (Å²) >= 11 is 0. The summed E-state index contributed by atoms with van der Waals surface area (Å²) in [6, 6.07) is 18.8. The van der Waals surface area contributed by atoms with Gasteiger partial charge in [-0.25, -0.2) is 9.78 Å². The molecule has 2 aromatic carbocycles. The third-order valence-corrected chi connectivity index (χ3v) is 5.78. The molecule has 0 saturated carbocycles. The normalized spacial score (nSPS) is 12.1. The highest BCUT2D eigenvalue weighted by atomic mass is 16.5. The van der Waals surface area contributed by atoms with Gasteiger partial charge in [-0.05, 0) is 48.2 Å². The quantitative estimate of drug-likeness (QED) is 0.543. The van der Waals surface area contributed by atoms with Gasteiger partial charge in [0.05, 0.1) is 5.69 Å². The molecule has 0 radical (unpaired) electrons. The number of anilines is 1. The highest BCUT2D eigenvalue weighted by Crippen LogP contribution is 2.44. The van der Waals surface area contributed by atoms with Gasteiger partial charge in [0.2, 0.25) is 0 Å². The maximum atomic E-state index is 13.0. The maximum Gasteiger partial charge on any atom is 0.411 e. The van der Waals surface area contributed by atoms with Gasteiger partial charge in [-0.2, -0.15) is 0 Å². The van der Waals surface area contributed by atoms with Gasteiger partial charge in [-0.15, -0.1) is 0 Å². The molecule has 2 N–H and O–H groups in total. The molecule has 1 heterocycles. The van der Waals surface area contributed by atoms with Crippen molar-refractivity contribution < 1.29 is 24.2 Å². The highest BCUT2D eigenvalue weighted by molar-refractivity contribution is 6.02. The summed E-state index contributed by atoms with van der Waals surface area (Å²) in [5.74, 6) is -1.82. The number of nitrogens with zero attached hydrogens (tertiary/aromatic N) is 2. The van der Waals surface area contributed by atoms with Crippen molar-refractivity contribution >= 4 is 23.7 Å². The number of ether oxygens (including phenoxy) is 1. The molecule has 3 aromatic rings. The van der Waals surface area contributed by atoms with E-state index in [4.69, 9.17) is 9.84 Å². The zero-order valence-corrected chi connectivity index (χ0v) is 18.9. The minimum absolute atomic E-state index is 0.0500. The van der Waals surface area contributed by atoms with Crippen LogP contribution >= 0.6 is 0 Å². The molecule has 1 aliphatic carbocycles. The van der Waals surface area contributed by atoms with E-state index in [-0.39, 0.29) is 29.9 Å². The molecule has 1 aliphatic rings. The van der Waals surface area contributed by atoms with E-state index in [0.29, 0.717) is 0 Å². The van der Waals surface area contributed by atoms with Gasteiger partial charge in [0.1, 0.15) is 13.2 Å².